The number of carbonyl (C=O) groups excluding carboxylic acids is 1. The Labute approximate surface area is 137 Å². The highest BCUT2D eigenvalue weighted by Crippen LogP contribution is 2.16. The molecule has 9 heteroatoms. The average molecular weight is 441 g/mol. The first kappa shape index (κ1) is 16.7. The average Bonchev–Trinajstić information content (AvgIpc) is 2.43. The van der Waals surface area contributed by atoms with Crippen LogP contribution in [0.25, 0.3) is 0 Å². The smallest absolute Gasteiger partial charge is 0.268 e. The van der Waals surface area contributed by atoms with Crippen molar-refractivity contribution in [1.82, 2.24) is 4.72 Å². The van der Waals surface area contributed by atoms with E-state index in [1.54, 1.807) is 4.72 Å². The summed E-state index contributed by atoms with van der Waals surface area (Å²) in [5.41, 5.74) is -0.474. The maximum atomic E-state index is 13.5. The van der Waals surface area contributed by atoms with Crippen LogP contribution in [0.5, 0.6) is 0 Å². The van der Waals surface area contributed by atoms with Gasteiger partial charge in [0.2, 0.25) is 0 Å². The van der Waals surface area contributed by atoms with E-state index in [0.29, 0.717) is 15.7 Å². The lowest BCUT2D eigenvalue weighted by Crippen LogP contribution is -2.31. The molecule has 4 nitrogen and oxygen atoms in total. The summed E-state index contributed by atoms with van der Waals surface area (Å²) in [6, 6.07) is 5.40. The third-order valence-corrected chi connectivity index (χ3v) is 4.60. The van der Waals surface area contributed by atoms with E-state index < -0.39 is 43.8 Å². The first-order valence-corrected chi connectivity index (χ1v) is 8.24. The van der Waals surface area contributed by atoms with Gasteiger partial charge < -0.3 is 0 Å². The van der Waals surface area contributed by atoms with Crippen LogP contribution in [0, 0.1) is 21.0 Å². The Bertz CT molecular complexity index is 856. The quantitative estimate of drug-likeness (QED) is 0.746. The number of nitrogens with one attached hydrogen (secondary N) is 1. The Kier molecular flexibility index (Phi) is 4.75. The Morgan fingerprint density at radius 3 is 2.23 bits per heavy atom. The van der Waals surface area contributed by atoms with Crippen molar-refractivity contribution in [2.45, 2.75) is 4.90 Å². The minimum atomic E-state index is -4.45. The highest BCUT2D eigenvalue weighted by molar-refractivity contribution is 14.1. The van der Waals surface area contributed by atoms with E-state index in [2.05, 4.69) is 0 Å². The molecule has 0 unspecified atom stereocenters. The van der Waals surface area contributed by atoms with Crippen LogP contribution in [-0.4, -0.2) is 14.3 Å². The number of carbonyl (C=O) groups is 1. The lowest BCUT2D eigenvalue weighted by atomic mass is 10.2. The summed E-state index contributed by atoms with van der Waals surface area (Å²) in [6.45, 7) is 0. The van der Waals surface area contributed by atoms with Crippen LogP contribution in [0.1, 0.15) is 10.4 Å². The molecule has 0 heterocycles. The Hall–Kier alpha value is -1.62. The standard InChI is InChI=1S/C13H7F3INO3S/c14-10-3-1-7(17)5-9(10)13(19)18-22(20,21)8-2-4-11(15)12(16)6-8/h1-6H,(H,18,19). The molecular weight excluding hydrogens is 434 g/mol. The minimum Gasteiger partial charge on any atom is -0.268 e. The van der Waals surface area contributed by atoms with Crippen molar-refractivity contribution in [3.8, 4) is 0 Å². The van der Waals surface area contributed by atoms with Crippen LogP contribution < -0.4 is 4.72 Å². The molecule has 1 N–H and O–H groups in total. The molecule has 22 heavy (non-hydrogen) atoms. The van der Waals surface area contributed by atoms with Gasteiger partial charge in [-0.2, -0.15) is 0 Å². The zero-order valence-electron chi connectivity index (χ0n) is 10.6. The van der Waals surface area contributed by atoms with Crippen molar-refractivity contribution >= 4 is 38.5 Å². The number of benzene rings is 2. The minimum absolute atomic E-state index is 0.427. The first-order valence-electron chi connectivity index (χ1n) is 5.68. The van der Waals surface area contributed by atoms with Crippen molar-refractivity contribution in [2.24, 2.45) is 0 Å². The molecule has 2 aromatic carbocycles. The van der Waals surface area contributed by atoms with Crippen LogP contribution in [0.4, 0.5) is 13.2 Å². The monoisotopic (exact) mass is 441 g/mol. The van der Waals surface area contributed by atoms with Crippen LogP contribution >= 0.6 is 22.6 Å². The fourth-order valence-electron chi connectivity index (χ4n) is 1.55. The molecule has 0 aliphatic heterocycles. The normalized spacial score (nSPS) is 11.3. The number of hydrogen-bond donors (Lipinski definition) is 1. The van der Waals surface area contributed by atoms with E-state index in [0.717, 1.165) is 18.2 Å². The fraction of sp³-hybridized carbons (Fsp3) is 0. The molecule has 0 saturated heterocycles. The van der Waals surface area contributed by atoms with Crippen molar-refractivity contribution in [3.05, 3.63) is 63.0 Å². The second-order valence-electron chi connectivity index (χ2n) is 4.13. The molecule has 0 aliphatic carbocycles. The molecule has 1 amide bonds. The number of rotatable bonds is 3. The second-order valence-corrected chi connectivity index (χ2v) is 7.06. The summed E-state index contributed by atoms with van der Waals surface area (Å²) in [5, 5.41) is 0. The lowest BCUT2D eigenvalue weighted by molar-refractivity contribution is 0.0977. The van der Waals surface area contributed by atoms with Crippen molar-refractivity contribution in [2.75, 3.05) is 0 Å². The zero-order valence-corrected chi connectivity index (χ0v) is 13.6. The van der Waals surface area contributed by atoms with E-state index >= 15 is 0 Å². The maximum absolute atomic E-state index is 13.5. The maximum Gasteiger partial charge on any atom is 0.268 e. The van der Waals surface area contributed by atoms with Gasteiger partial charge >= 0.3 is 0 Å². The van der Waals surface area contributed by atoms with Crippen LogP contribution in [0.3, 0.4) is 0 Å². The molecule has 2 rings (SSSR count). The van der Waals surface area contributed by atoms with Gasteiger partial charge in [0.1, 0.15) is 5.82 Å². The van der Waals surface area contributed by atoms with E-state index in [-0.39, 0.29) is 0 Å². The molecule has 0 spiro atoms. The summed E-state index contributed by atoms with van der Waals surface area (Å²) in [5.74, 6) is -4.72. The van der Waals surface area contributed by atoms with E-state index in [4.69, 9.17) is 0 Å². The van der Waals surface area contributed by atoms with Gasteiger partial charge in [0.25, 0.3) is 15.9 Å². The molecule has 2 aromatic rings. The molecule has 0 saturated carbocycles. The molecule has 0 bridgehead atoms. The third kappa shape index (κ3) is 3.58. The molecule has 0 fully saturated rings. The van der Waals surface area contributed by atoms with Crippen molar-refractivity contribution in [3.63, 3.8) is 0 Å². The molecule has 0 radical (unpaired) electrons. The molecule has 116 valence electrons. The van der Waals surface area contributed by atoms with E-state index in [1.165, 1.54) is 6.07 Å². The zero-order chi connectivity index (χ0) is 16.5. The largest absolute Gasteiger partial charge is 0.268 e. The Morgan fingerprint density at radius 1 is 0.955 bits per heavy atom. The van der Waals surface area contributed by atoms with Gasteiger partial charge in [-0.15, -0.1) is 0 Å². The van der Waals surface area contributed by atoms with Gasteiger partial charge in [-0.05, 0) is 59.0 Å². The number of sulfonamides is 1. The predicted octanol–water partition coefficient (Wildman–Crippen LogP) is 2.83. The van der Waals surface area contributed by atoms with Crippen molar-refractivity contribution < 1.29 is 26.4 Å². The SMILES string of the molecule is O=C(NS(=O)(=O)c1ccc(F)c(F)c1)c1cc(I)ccc1F. The predicted molar refractivity (Wildman–Crippen MR) is 80.1 cm³/mol. The number of halogens is 4. The fourth-order valence-corrected chi connectivity index (χ4v) is 3.02. The molecule has 0 aliphatic rings. The van der Waals surface area contributed by atoms with Crippen molar-refractivity contribution in [1.29, 1.82) is 0 Å². The van der Waals surface area contributed by atoms with E-state index in [1.807, 2.05) is 22.6 Å². The molecule has 0 aromatic heterocycles. The highest BCUT2D eigenvalue weighted by Gasteiger charge is 2.22. The summed E-state index contributed by atoms with van der Waals surface area (Å²) < 4.78 is 65.4. The number of hydrogen-bond acceptors (Lipinski definition) is 3. The summed E-state index contributed by atoms with van der Waals surface area (Å²) >= 11 is 1.82. The van der Waals surface area contributed by atoms with Gasteiger partial charge in [-0.3, -0.25) is 4.79 Å². The van der Waals surface area contributed by atoms with Gasteiger partial charge in [-0.1, -0.05) is 0 Å². The summed E-state index contributed by atoms with van der Waals surface area (Å²) in [7, 11) is -4.45. The Balaban J connectivity index is 2.33. The summed E-state index contributed by atoms with van der Waals surface area (Å²) in [6.07, 6.45) is 0. The number of amides is 1. The van der Waals surface area contributed by atoms with Crippen LogP contribution in [0.15, 0.2) is 41.3 Å². The molecule has 0 atom stereocenters. The highest BCUT2D eigenvalue weighted by atomic mass is 127. The first-order chi connectivity index (χ1) is 10.2. The van der Waals surface area contributed by atoms with Crippen LogP contribution in [0.2, 0.25) is 0 Å². The second kappa shape index (κ2) is 6.24. The topological polar surface area (TPSA) is 63.2 Å². The van der Waals surface area contributed by atoms with Crippen LogP contribution in [-0.2, 0) is 10.0 Å². The molecular formula is C13H7F3INO3S. The lowest BCUT2D eigenvalue weighted by Gasteiger charge is -2.08. The van der Waals surface area contributed by atoms with Gasteiger partial charge in [0, 0.05) is 3.57 Å². The third-order valence-electron chi connectivity index (χ3n) is 2.60. The summed E-state index contributed by atoms with van der Waals surface area (Å²) in [4.78, 5) is 11.2. The van der Waals surface area contributed by atoms with Gasteiger partial charge in [0.15, 0.2) is 11.6 Å². The van der Waals surface area contributed by atoms with E-state index in [9.17, 15) is 26.4 Å². The van der Waals surface area contributed by atoms with Gasteiger partial charge in [0.05, 0.1) is 10.5 Å². The Morgan fingerprint density at radius 2 is 1.59 bits per heavy atom. The van der Waals surface area contributed by atoms with Gasteiger partial charge in [-0.25, -0.2) is 26.3 Å².